The summed E-state index contributed by atoms with van der Waals surface area (Å²) in [5, 5.41) is 23.7. The van der Waals surface area contributed by atoms with Crippen molar-refractivity contribution in [2.24, 2.45) is 0 Å². The monoisotopic (exact) mass is 293 g/mol. The van der Waals surface area contributed by atoms with Crippen LogP contribution in [-0.2, 0) is 4.79 Å². The highest BCUT2D eigenvalue weighted by Crippen LogP contribution is 2.25. The van der Waals surface area contributed by atoms with Gasteiger partial charge < -0.3 is 15.5 Å². The Morgan fingerprint density at radius 1 is 1.35 bits per heavy atom. The maximum absolute atomic E-state index is 12.1. The molecule has 20 heavy (non-hydrogen) atoms. The molecule has 1 heterocycles. The number of carbonyl (C=O) groups excluding carboxylic acids is 1. The van der Waals surface area contributed by atoms with Crippen molar-refractivity contribution in [1.82, 2.24) is 5.32 Å². The van der Waals surface area contributed by atoms with Crippen LogP contribution in [0.2, 0.25) is 0 Å². The Bertz CT molecular complexity index is 647. The summed E-state index contributed by atoms with van der Waals surface area (Å²) in [5.74, 6) is -1.42. The Balaban J connectivity index is 2.07. The number of amides is 1. The Kier molecular flexibility index (Phi) is 4.06. The Morgan fingerprint density at radius 3 is 2.75 bits per heavy atom. The summed E-state index contributed by atoms with van der Waals surface area (Å²) in [6, 6.07) is 7.54. The second kappa shape index (κ2) is 5.60. The average Bonchev–Trinajstić information content (AvgIpc) is 2.78. The van der Waals surface area contributed by atoms with Gasteiger partial charge in [-0.3, -0.25) is 9.59 Å². The first-order valence-corrected chi connectivity index (χ1v) is 6.96. The third kappa shape index (κ3) is 3.34. The maximum atomic E-state index is 12.1. The Morgan fingerprint density at radius 2 is 2.05 bits per heavy atom. The molecular weight excluding hydrogens is 278 g/mol. The predicted molar refractivity (Wildman–Crippen MR) is 77.0 cm³/mol. The molecule has 0 radical (unpaired) electrons. The number of carboxylic acid groups (broad SMARTS) is 1. The fraction of sp³-hybridized carbons (Fsp3) is 0.286. The number of hydrogen-bond donors (Lipinski definition) is 3. The quantitative estimate of drug-likeness (QED) is 0.785. The van der Waals surface area contributed by atoms with E-state index in [4.69, 9.17) is 5.11 Å². The normalized spacial score (nSPS) is 13.9. The van der Waals surface area contributed by atoms with Crippen LogP contribution < -0.4 is 5.32 Å². The molecule has 6 heteroatoms. The van der Waals surface area contributed by atoms with E-state index in [1.54, 1.807) is 5.38 Å². The minimum absolute atomic E-state index is 0.109. The van der Waals surface area contributed by atoms with Crippen LogP contribution in [-0.4, -0.2) is 34.2 Å². The molecule has 0 saturated heterocycles. The van der Waals surface area contributed by atoms with E-state index in [0.29, 0.717) is 5.56 Å². The van der Waals surface area contributed by atoms with E-state index in [1.165, 1.54) is 18.3 Å². The fourth-order valence-corrected chi connectivity index (χ4v) is 2.85. The molecule has 0 aliphatic carbocycles. The predicted octanol–water partition coefficient (Wildman–Crippen LogP) is 1.86. The van der Waals surface area contributed by atoms with Crippen molar-refractivity contribution in [2.75, 3.05) is 6.54 Å². The van der Waals surface area contributed by atoms with E-state index >= 15 is 0 Å². The van der Waals surface area contributed by atoms with E-state index in [0.717, 1.165) is 10.1 Å². The van der Waals surface area contributed by atoms with Gasteiger partial charge in [0.05, 0.1) is 17.6 Å². The number of aliphatic hydroxyl groups is 1. The maximum Gasteiger partial charge on any atom is 0.306 e. The average molecular weight is 293 g/mol. The molecule has 1 unspecified atom stereocenters. The molecule has 106 valence electrons. The van der Waals surface area contributed by atoms with Gasteiger partial charge in [0.2, 0.25) is 0 Å². The second-order valence-electron chi connectivity index (χ2n) is 4.90. The van der Waals surface area contributed by atoms with Gasteiger partial charge in [-0.15, -0.1) is 11.3 Å². The SMILES string of the molecule is CC(O)(CNC(=O)c1csc2ccccc12)CC(=O)O. The third-order valence-electron chi connectivity index (χ3n) is 2.89. The first kappa shape index (κ1) is 14.5. The molecular formula is C14H15NO4S. The molecule has 1 aromatic heterocycles. The molecule has 0 spiro atoms. The van der Waals surface area contributed by atoms with Crippen LogP contribution >= 0.6 is 11.3 Å². The van der Waals surface area contributed by atoms with Crippen LogP contribution in [0, 0.1) is 0 Å². The number of aliphatic carboxylic acids is 1. The van der Waals surface area contributed by atoms with Crippen molar-refractivity contribution in [3.05, 3.63) is 35.2 Å². The van der Waals surface area contributed by atoms with Crippen LogP contribution in [0.4, 0.5) is 0 Å². The lowest BCUT2D eigenvalue weighted by molar-refractivity contribution is -0.141. The molecule has 0 fully saturated rings. The minimum Gasteiger partial charge on any atom is -0.481 e. The molecule has 0 bridgehead atoms. The van der Waals surface area contributed by atoms with E-state index < -0.39 is 18.0 Å². The van der Waals surface area contributed by atoms with Crippen molar-refractivity contribution >= 4 is 33.3 Å². The summed E-state index contributed by atoms with van der Waals surface area (Å²) in [6.45, 7) is 1.27. The van der Waals surface area contributed by atoms with Gasteiger partial charge in [0.15, 0.2) is 0 Å². The number of carboxylic acids is 1. The summed E-state index contributed by atoms with van der Waals surface area (Å²) < 4.78 is 1.01. The van der Waals surface area contributed by atoms with E-state index in [2.05, 4.69) is 5.32 Å². The molecule has 0 aliphatic heterocycles. The lowest BCUT2D eigenvalue weighted by atomic mass is 10.0. The van der Waals surface area contributed by atoms with E-state index in [1.807, 2.05) is 24.3 Å². The van der Waals surface area contributed by atoms with Crippen LogP contribution in [0.15, 0.2) is 29.6 Å². The highest BCUT2D eigenvalue weighted by atomic mass is 32.1. The highest BCUT2D eigenvalue weighted by molar-refractivity contribution is 7.17. The number of hydrogen-bond acceptors (Lipinski definition) is 4. The first-order valence-electron chi connectivity index (χ1n) is 6.08. The Labute approximate surface area is 119 Å². The van der Waals surface area contributed by atoms with Gasteiger partial charge in [-0.2, -0.15) is 0 Å². The van der Waals surface area contributed by atoms with Gasteiger partial charge in [-0.05, 0) is 13.0 Å². The van der Waals surface area contributed by atoms with Crippen molar-refractivity contribution in [1.29, 1.82) is 0 Å². The number of rotatable bonds is 5. The van der Waals surface area contributed by atoms with Gasteiger partial charge >= 0.3 is 5.97 Å². The number of nitrogens with one attached hydrogen (secondary N) is 1. The molecule has 5 nitrogen and oxygen atoms in total. The zero-order chi connectivity index (χ0) is 14.8. The fourth-order valence-electron chi connectivity index (χ4n) is 1.91. The van der Waals surface area contributed by atoms with Gasteiger partial charge in [0.25, 0.3) is 5.91 Å². The lowest BCUT2D eigenvalue weighted by Gasteiger charge is -2.21. The zero-order valence-electron chi connectivity index (χ0n) is 10.9. The second-order valence-corrected chi connectivity index (χ2v) is 5.81. The molecule has 2 rings (SSSR count). The summed E-state index contributed by atoms with van der Waals surface area (Å²) >= 11 is 1.47. The summed E-state index contributed by atoms with van der Waals surface area (Å²) in [7, 11) is 0. The van der Waals surface area contributed by atoms with Crippen LogP contribution in [0.5, 0.6) is 0 Å². The van der Waals surface area contributed by atoms with E-state index in [9.17, 15) is 14.7 Å². The topological polar surface area (TPSA) is 86.6 Å². The van der Waals surface area contributed by atoms with Gasteiger partial charge in [0.1, 0.15) is 0 Å². The molecule has 3 N–H and O–H groups in total. The van der Waals surface area contributed by atoms with Crippen LogP contribution in [0.3, 0.4) is 0 Å². The number of carbonyl (C=O) groups is 2. The molecule has 1 atom stereocenters. The van der Waals surface area contributed by atoms with Crippen molar-refractivity contribution in [3.63, 3.8) is 0 Å². The van der Waals surface area contributed by atoms with Crippen molar-refractivity contribution < 1.29 is 19.8 Å². The first-order chi connectivity index (χ1) is 9.39. The third-order valence-corrected chi connectivity index (χ3v) is 3.85. The number of thiophene rings is 1. The van der Waals surface area contributed by atoms with Gasteiger partial charge in [-0.25, -0.2) is 0 Å². The van der Waals surface area contributed by atoms with Crippen molar-refractivity contribution in [3.8, 4) is 0 Å². The number of benzene rings is 1. The standard InChI is InChI=1S/C14H15NO4S/c1-14(19,6-12(16)17)8-15-13(18)10-7-20-11-5-3-2-4-9(10)11/h2-5,7,19H,6,8H2,1H3,(H,15,18)(H,16,17). The van der Waals surface area contributed by atoms with Gasteiger partial charge in [-0.1, -0.05) is 18.2 Å². The Hall–Kier alpha value is -1.92. The van der Waals surface area contributed by atoms with E-state index in [-0.39, 0.29) is 12.5 Å². The molecule has 2 aromatic rings. The summed E-state index contributed by atoms with van der Waals surface area (Å²) in [5.41, 5.74) is -0.926. The minimum atomic E-state index is -1.46. The molecule has 0 saturated carbocycles. The number of fused-ring (bicyclic) bond motifs is 1. The smallest absolute Gasteiger partial charge is 0.306 e. The molecule has 1 amide bonds. The van der Waals surface area contributed by atoms with Crippen molar-refractivity contribution in [2.45, 2.75) is 18.9 Å². The van der Waals surface area contributed by atoms with Gasteiger partial charge in [0, 0.05) is 22.0 Å². The molecule has 1 aromatic carbocycles. The zero-order valence-corrected chi connectivity index (χ0v) is 11.7. The summed E-state index contributed by atoms with van der Waals surface area (Å²) in [4.78, 5) is 22.7. The lowest BCUT2D eigenvalue weighted by Crippen LogP contribution is -2.42. The highest BCUT2D eigenvalue weighted by Gasteiger charge is 2.25. The largest absolute Gasteiger partial charge is 0.481 e. The summed E-state index contributed by atoms with van der Waals surface area (Å²) in [6.07, 6.45) is -0.419. The van der Waals surface area contributed by atoms with Crippen LogP contribution in [0.1, 0.15) is 23.7 Å². The molecule has 0 aliphatic rings. The van der Waals surface area contributed by atoms with Crippen LogP contribution in [0.25, 0.3) is 10.1 Å².